The summed E-state index contributed by atoms with van der Waals surface area (Å²) in [6.45, 7) is 1.30. The van der Waals surface area contributed by atoms with Gasteiger partial charge < -0.3 is 10.1 Å². The summed E-state index contributed by atoms with van der Waals surface area (Å²) in [6.07, 6.45) is -4.70. The smallest absolute Gasteiger partial charge is 0.418 e. The van der Waals surface area contributed by atoms with Gasteiger partial charge in [-0.2, -0.15) is 13.2 Å². The van der Waals surface area contributed by atoms with Gasteiger partial charge in [0.05, 0.1) is 35.0 Å². The van der Waals surface area contributed by atoms with Crippen molar-refractivity contribution in [1.82, 2.24) is 4.57 Å². The molecule has 44 heavy (non-hydrogen) atoms. The molecule has 2 aliphatic heterocycles. The first-order valence-corrected chi connectivity index (χ1v) is 15.1. The molecule has 1 N–H and O–H groups in total. The number of benzene rings is 3. The summed E-state index contributed by atoms with van der Waals surface area (Å²) in [7, 11) is 1.48. The highest BCUT2D eigenvalue weighted by Gasteiger charge is 2.57. The highest BCUT2D eigenvalue weighted by Crippen LogP contribution is 2.55. The highest BCUT2D eigenvalue weighted by molar-refractivity contribution is 8.00. The second-order valence-electron chi connectivity index (χ2n) is 10.3. The average molecular weight is 640 g/mol. The van der Waals surface area contributed by atoms with Crippen molar-refractivity contribution < 1.29 is 32.3 Å². The molecule has 13 heteroatoms. The number of aryl methyl sites for hydroxylation is 1. The molecule has 0 bridgehead atoms. The number of para-hydroxylation sites is 2. The van der Waals surface area contributed by atoms with Crippen LogP contribution in [0.2, 0.25) is 0 Å². The number of amides is 3. The lowest BCUT2D eigenvalue weighted by molar-refractivity contribution is -0.137. The van der Waals surface area contributed by atoms with Gasteiger partial charge in [-0.3, -0.25) is 23.7 Å². The summed E-state index contributed by atoms with van der Waals surface area (Å²) in [6, 6.07) is 18.5. The van der Waals surface area contributed by atoms with Crippen LogP contribution in [0.1, 0.15) is 27.5 Å². The van der Waals surface area contributed by atoms with Crippen LogP contribution < -0.4 is 19.8 Å². The number of fused-ring (bicyclic) bond motifs is 2. The van der Waals surface area contributed by atoms with Crippen LogP contribution in [0.3, 0.4) is 0 Å². The number of anilines is 2. The average Bonchev–Trinajstić information content (AvgIpc) is 3.43. The van der Waals surface area contributed by atoms with E-state index >= 15 is 0 Å². The van der Waals surface area contributed by atoms with Crippen molar-refractivity contribution in [2.75, 3.05) is 17.3 Å². The molecular weight excluding hydrogens is 615 g/mol. The van der Waals surface area contributed by atoms with E-state index in [9.17, 15) is 32.3 Å². The van der Waals surface area contributed by atoms with E-state index in [2.05, 4.69) is 5.32 Å². The van der Waals surface area contributed by atoms with Gasteiger partial charge >= 0.3 is 11.0 Å². The van der Waals surface area contributed by atoms with Gasteiger partial charge in [0.15, 0.2) is 0 Å². The summed E-state index contributed by atoms with van der Waals surface area (Å²) >= 11 is 1.85. The number of alkyl halides is 3. The molecule has 2 aliphatic rings. The third-order valence-corrected chi connectivity index (χ3v) is 10.2. The van der Waals surface area contributed by atoms with Crippen molar-refractivity contribution in [3.05, 3.63) is 104 Å². The molecule has 3 amide bonds. The summed E-state index contributed by atoms with van der Waals surface area (Å²) in [5.74, 6) is -2.92. The van der Waals surface area contributed by atoms with Gasteiger partial charge in [-0.15, -0.1) is 0 Å². The molecule has 226 valence electrons. The van der Waals surface area contributed by atoms with E-state index in [1.54, 1.807) is 48.5 Å². The van der Waals surface area contributed by atoms with Crippen molar-refractivity contribution >= 4 is 52.2 Å². The quantitative estimate of drug-likeness (QED) is 0.273. The minimum atomic E-state index is -4.70. The number of rotatable bonds is 6. The lowest BCUT2D eigenvalue weighted by Crippen LogP contribution is -2.33. The van der Waals surface area contributed by atoms with E-state index in [4.69, 9.17) is 4.74 Å². The first-order valence-electron chi connectivity index (χ1n) is 13.4. The maximum Gasteiger partial charge on any atom is 0.418 e. The Hall–Kier alpha value is -4.36. The van der Waals surface area contributed by atoms with Crippen LogP contribution in [0, 0.1) is 12.8 Å². The maximum absolute atomic E-state index is 14.0. The number of nitrogens with one attached hydrogen (secondary N) is 1. The van der Waals surface area contributed by atoms with E-state index in [0.29, 0.717) is 26.9 Å². The van der Waals surface area contributed by atoms with Gasteiger partial charge in [0, 0.05) is 16.4 Å². The lowest BCUT2D eigenvalue weighted by Gasteiger charge is -2.31. The van der Waals surface area contributed by atoms with Crippen LogP contribution in [0.4, 0.5) is 24.5 Å². The number of thiazole rings is 1. The number of methoxy groups -OCH3 is 1. The standard InChI is InChI=1S/C31H24F3N3O5S2/c1-16-11-13-17(14-12-16)37-27(39)24-23(18-7-3-6-10-21(18)42-2)26-29(43-25(24)28(37)40)36(30(41)44-26)15-22(38)35-20-9-5-4-8-19(20)31(32,33)34/h3-14,23-25H,15H2,1-2H3,(H,35,38)/t23-,24?,25?/m1/s1. The Kier molecular flexibility index (Phi) is 7.62. The Bertz CT molecular complexity index is 1850. The zero-order chi connectivity index (χ0) is 31.3. The van der Waals surface area contributed by atoms with Crippen LogP contribution in [-0.2, 0) is 27.1 Å². The van der Waals surface area contributed by atoms with Gasteiger partial charge in [0.1, 0.15) is 17.5 Å². The Morgan fingerprint density at radius 3 is 2.34 bits per heavy atom. The van der Waals surface area contributed by atoms with E-state index < -0.39 is 63.7 Å². The molecule has 1 fully saturated rings. The molecule has 0 radical (unpaired) electrons. The van der Waals surface area contributed by atoms with Crippen LogP contribution in [0.5, 0.6) is 5.75 Å². The van der Waals surface area contributed by atoms with Crippen molar-refractivity contribution in [2.45, 2.75) is 35.8 Å². The molecule has 3 aromatic carbocycles. The number of thioether (sulfide) groups is 1. The highest BCUT2D eigenvalue weighted by atomic mass is 32.2. The number of hydrogen-bond donors (Lipinski definition) is 1. The van der Waals surface area contributed by atoms with Gasteiger partial charge in [0.25, 0.3) is 0 Å². The van der Waals surface area contributed by atoms with Crippen LogP contribution in [0.25, 0.3) is 0 Å². The van der Waals surface area contributed by atoms with Crippen LogP contribution in [-0.4, -0.2) is 34.6 Å². The van der Waals surface area contributed by atoms with E-state index in [1.165, 1.54) is 19.2 Å². The predicted molar refractivity (Wildman–Crippen MR) is 160 cm³/mol. The van der Waals surface area contributed by atoms with Crippen molar-refractivity contribution in [3.63, 3.8) is 0 Å². The molecule has 3 heterocycles. The number of carbonyl (C=O) groups excluding carboxylic acids is 3. The second kappa shape index (κ2) is 11.3. The number of halogens is 3. The SMILES string of the molecule is COc1ccccc1[C@H]1c2sc(=O)n(CC(=O)Nc3ccccc3C(F)(F)F)c2SC2C(=O)N(c3ccc(C)cc3)C(=O)C21. The number of hydrogen-bond acceptors (Lipinski definition) is 7. The number of imide groups is 1. The second-order valence-corrected chi connectivity index (χ2v) is 12.5. The number of ether oxygens (including phenoxy) is 1. The number of nitrogens with zero attached hydrogens (tertiary/aromatic N) is 2. The number of aromatic nitrogens is 1. The zero-order valence-corrected chi connectivity index (χ0v) is 24.9. The minimum Gasteiger partial charge on any atom is -0.496 e. The Balaban J connectivity index is 1.42. The summed E-state index contributed by atoms with van der Waals surface area (Å²) in [5.41, 5.74) is 0.506. The Labute approximate surface area is 257 Å². The summed E-state index contributed by atoms with van der Waals surface area (Å²) in [5, 5.41) is 1.65. The molecule has 1 aromatic heterocycles. The molecular formula is C31H24F3N3O5S2. The molecule has 4 aromatic rings. The fourth-order valence-electron chi connectivity index (χ4n) is 5.63. The van der Waals surface area contributed by atoms with Crippen molar-refractivity contribution in [3.8, 4) is 5.75 Å². The maximum atomic E-state index is 14.0. The molecule has 0 spiro atoms. The minimum absolute atomic E-state index is 0.309. The van der Waals surface area contributed by atoms with Gasteiger partial charge in [0.2, 0.25) is 17.7 Å². The topological polar surface area (TPSA) is 97.7 Å². The molecule has 3 atom stereocenters. The molecule has 8 nitrogen and oxygen atoms in total. The van der Waals surface area contributed by atoms with Crippen LogP contribution in [0.15, 0.2) is 82.6 Å². The largest absolute Gasteiger partial charge is 0.496 e. The zero-order valence-electron chi connectivity index (χ0n) is 23.3. The van der Waals surface area contributed by atoms with E-state index in [-0.39, 0.29) is 0 Å². The monoisotopic (exact) mass is 639 g/mol. The van der Waals surface area contributed by atoms with Gasteiger partial charge in [-0.05, 0) is 37.3 Å². The predicted octanol–water partition coefficient (Wildman–Crippen LogP) is 5.68. The molecule has 0 aliphatic carbocycles. The fraction of sp³-hybridized carbons (Fsp3) is 0.226. The first kappa shape index (κ1) is 29.7. The third-order valence-electron chi connectivity index (χ3n) is 7.62. The van der Waals surface area contributed by atoms with E-state index in [0.717, 1.165) is 50.3 Å². The first-order chi connectivity index (χ1) is 21.0. The van der Waals surface area contributed by atoms with E-state index in [1.807, 2.05) is 6.92 Å². The van der Waals surface area contributed by atoms with Crippen LogP contribution >= 0.6 is 23.1 Å². The summed E-state index contributed by atoms with van der Waals surface area (Å²) in [4.78, 5) is 55.4. The molecule has 6 rings (SSSR count). The molecule has 0 saturated carbocycles. The molecule has 1 saturated heterocycles. The van der Waals surface area contributed by atoms with Crippen molar-refractivity contribution in [2.24, 2.45) is 5.92 Å². The normalized spacial score (nSPS) is 19.5. The van der Waals surface area contributed by atoms with Gasteiger partial charge in [-0.25, -0.2) is 4.90 Å². The van der Waals surface area contributed by atoms with Crippen molar-refractivity contribution in [1.29, 1.82) is 0 Å². The fourth-order valence-corrected chi connectivity index (χ4v) is 8.40. The van der Waals surface area contributed by atoms with Gasteiger partial charge in [-0.1, -0.05) is 71.1 Å². The molecule has 2 unspecified atom stereocenters. The lowest BCUT2D eigenvalue weighted by atomic mass is 9.82. The number of carbonyl (C=O) groups is 3. The third kappa shape index (κ3) is 5.09. The summed E-state index contributed by atoms with van der Waals surface area (Å²) < 4.78 is 47.3. The Morgan fingerprint density at radius 1 is 0.955 bits per heavy atom. The Morgan fingerprint density at radius 2 is 1.64 bits per heavy atom.